The second-order valence-corrected chi connectivity index (χ2v) is 6.90. The number of thioether (sulfide) groups is 1. The molecule has 0 aromatic rings. The number of likely N-dealkylation sites (N-methyl/N-ethyl adjacent to an activating group) is 1. The maximum Gasteiger partial charge on any atom is 0.323 e. The topological polar surface area (TPSA) is 58.6 Å². The van der Waals surface area contributed by atoms with Crippen molar-refractivity contribution < 1.29 is 14.6 Å². The first-order chi connectivity index (χ1) is 8.39. The van der Waals surface area contributed by atoms with Gasteiger partial charge in [-0.1, -0.05) is 13.8 Å². The normalized spacial score (nSPS) is 28.9. The average molecular weight is 275 g/mol. The lowest BCUT2D eigenvalue weighted by Crippen LogP contribution is -2.51. The third-order valence-electron chi connectivity index (χ3n) is 3.45. The van der Waals surface area contributed by atoms with Crippen molar-refractivity contribution in [2.75, 3.05) is 13.2 Å². The molecule has 2 N–H and O–H groups in total. The summed E-state index contributed by atoms with van der Waals surface area (Å²) in [5.41, 5.74) is -0.829. The standard InChI is InChI=1S/C13H25NO3S/c1-5-14-13(4,12(15)16)8-9(2)18-11-6-7-17-10(11)3/h9-11,14H,5-8H2,1-4H3,(H,15,16). The monoisotopic (exact) mass is 275 g/mol. The molecule has 106 valence electrons. The number of hydrogen-bond acceptors (Lipinski definition) is 4. The summed E-state index contributed by atoms with van der Waals surface area (Å²) in [6.07, 6.45) is 1.98. The highest BCUT2D eigenvalue weighted by atomic mass is 32.2. The van der Waals surface area contributed by atoms with E-state index in [1.54, 1.807) is 6.92 Å². The van der Waals surface area contributed by atoms with Crippen molar-refractivity contribution in [2.45, 2.75) is 62.7 Å². The van der Waals surface area contributed by atoms with E-state index in [2.05, 4.69) is 19.2 Å². The SMILES string of the molecule is CCNC(C)(CC(C)SC1CCOC1C)C(=O)O. The van der Waals surface area contributed by atoms with Crippen LogP contribution in [0, 0.1) is 0 Å². The number of aliphatic carboxylic acids is 1. The number of hydrogen-bond donors (Lipinski definition) is 2. The zero-order valence-corrected chi connectivity index (χ0v) is 12.5. The Morgan fingerprint density at radius 2 is 2.33 bits per heavy atom. The molecule has 5 heteroatoms. The lowest BCUT2D eigenvalue weighted by Gasteiger charge is -2.30. The van der Waals surface area contributed by atoms with Gasteiger partial charge in [-0.2, -0.15) is 11.8 Å². The van der Waals surface area contributed by atoms with Crippen LogP contribution < -0.4 is 5.32 Å². The van der Waals surface area contributed by atoms with Gasteiger partial charge in [-0.15, -0.1) is 0 Å². The molecule has 0 saturated carbocycles. The predicted molar refractivity (Wildman–Crippen MR) is 75.2 cm³/mol. The summed E-state index contributed by atoms with van der Waals surface area (Å²) in [4.78, 5) is 11.4. The van der Waals surface area contributed by atoms with Gasteiger partial charge in [0.25, 0.3) is 0 Å². The van der Waals surface area contributed by atoms with Crippen molar-refractivity contribution in [1.29, 1.82) is 0 Å². The van der Waals surface area contributed by atoms with Gasteiger partial charge in [0, 0.05) is 17.1 Å². The van der Waals surface area contributed by atoms with Crippen LogP contribution in [0.2, 0.25) is 0 Å². The second kappa shape index (κ2) is 6.78. The second-order valence-electron chi connectivity index (χ2n) is 5.22. The van der Waals surface area contributed by atoms with Crippen molar-refractivity contribution in [3.8, 4) is 0 Å². The van der Waals surface area contributed by atoms with Crippen LogP contribution in [0.5, 0.6) is 0 Å². The molecule has 1 aliphatic rings. The van der Waals surface area contributed by atoms with Gasteiger partial charge in [-0.3, -0.25) is 4.79 Å². The summed E-state index contributed by atoms with van der Waals surface area (Å²) in [7, 11) is 0. The minimum absolute atomic E-state index is 0.285. The fourth-order valence-electron chi connectivity index (χ4n) is 2.44. The summed E-state index contributed by atoms with van der Waals surface area (Å²) in [5, 5.41) is 13.2. The molecule has 0 aromatic carbocycles. The molecule has 0 radical (unpaired) electrons. The molecule has 1 saturated heterocycles. The number of carboxylic acid groups (broad SMARTS) is 1. The highest BCUT2D eigenvalue weighted by molar-refractivity contribution is 8.00. The molecule has 1 rings (SSSR count). The molecular weight excluding hydrogens is 250 g/mol. The Labute approximate surface area is 114 Å². The third-order valence-corrected chi connectivity index (χ3v) is 5.05. The first kappa shape index (κ1) is 15.8. The number of ether oxygens (including phenoxy) is 1. The van der Waals surface area contributed by atoms with Gasteiger partial charge in [0.1, 0.15) is 5.54 Å². The van der Waals surface area contributed by atoms with Gasteiger partial charge in [0.05, 0.1) is 6.10 Å². The Bertz CT molecular complexity index is 287. The molecule has 0 aliphatic carbocycles. The molecule has 4 nitrogen and oxygen atoms in total. The van der Waals surface area contributed by atoms with Crippen LogP contribution >= 0.6 is 11.8 Å². The number of rotatable bonds is 7. The van der Waals surface area contributed by atoms with E-state index in [4.69, 9.17) is 4.74 Å². The van der Waals surface area contributed by atoms with Crippen LogP contribution in [0.4, 0.5) is 0 Å². The van der Waals surface area contributed by atoms with Crippen LogP contribution in [-0.2, 0) is 9.53 Å². The minimum Gasteiger partial charge on any atom is -0.480 e. The van der Waals surface area contributed by atoms with E-state index in [9.17, 15) is 9.90 Å². The Morgan fingerprint density at radius 3 is 2.78 bits per heavy atom. The van der Waals surface area contributed by atoms with Crippen molar-refractivity contribution in [1.82, 2.24) is 5.32 Å². The lowest BCUT2D eigenvalue weighted by atomic mass is 9.96. The van der Waals surface area contributed by atoms with Crippen LogP contribution in [0.3, 0.4) is 0 Å². The molecule has 1 heterocycles. The molecule has 4 unspecified atom stereocenters. The summed E-state index contributed by atoms with van der Waals surface area (Å²) in [6.45, 7) is 9.40. The van der Waals surface area contributed by atoms with Gasteiger partial charge in [0.15, 0.2) is 0 Å². The molecule has 18 heavy (non-hydrogen) atoms. The van der Waals surface area contributed by atoms with E-state index < -0.39 is 11.5 Å². The highest BCUT2D eigenvalue weighted by Crippen LogP contribution is 2.32. The number of carbonyl (C=O) groups is 1. The van der Waals surface area contributed by atoms with Crippen LogP contribution in [-0.4, -0.2) is 46.4 Å². The summed E-state index contributed by atoms with van der Waals surface area (Å²) in [5.74, 6) is -0.771. The van der Waals surface area contributed by atoms with E-state index in [1.165, 1.54) is 0 Å². The molecule has 0 bridgehead atoms. The molecule has 1 fully saturated rings. The van der Waals surface area contributed by atoms with Gasteiger partial charge in [-0.05, 0) is 33.2 Å². The molecule has 1 aliphatic heterocycles. The zero-order chi connectivity index (χ0) is 13.8. The Morgan fingerprint density at radius 1 is 1.67 bits per heavy atom. The summed E-state index contributed by atoms with van der Waals surface area (Å²) in [6, 6.07) is 0. The van der Waals surface area contributed by atoms with Crippen LogP contribution in [0.15, 0.2) is 0 Å². The maximum atomic E-state index is 11.4. The molecule has 0 amide bonds. The van der Waals surface area contributed by atoms with E-state index in [0.29, 0.717) is 23.5 Å². The Kier molecular flexibility index (Phi) is 5.95. The quantitative estimate of drug-likeness (QED) is 0.745. The van der Waals surface area contributed by atoms with Gasteiger partial charge in [0.2, 0.25) is 0 Å². The van der Waals surface area contributed by atoms with E-state index in [1.807, 2.05) is 18.7 Å². The lowest BCUT2D eigenvalue weighted by molar-refractivity contribution is -0.144. The van der Waals surface area contributed by atoms with E-state index >= 15 is 0 Å². The third kappa shape index (κ3) is 4.14. The predicted octanol–water partition coefficient (Wildman–Crippen LogP) is 2.13. The molecule has 4 atom stereocenters. The first-order valence-electron chi connectivity index (χ1n) is 6.64. The highest BCUT2D eigenvalue weighted by Gasteiger charge is 2.35. The fraction of sp³-hybridized carbons (Fsp3) is 0.923. The zero-order valence-electron chi connectivity index (χ0n) is 11.7. The number of nitrogens with one attached hydrogen (secondary N) is 1. The maximum absolute atomic E-state index is 11.4. The first-order valence-corrected chi connectivity index (χ1v) is 7.59. The average Bonchev–Trinajstić information content (AvgIpc) is 2.64. The van der Waals surface area contributed by atoms with Gasteiger partial charge in [-0.25, -0.2) is 0 Å². The van der Waals surface area contributed by atoms with E-state index in [0.717, 1.165) is 13.0 Å². The Hall–Kier alpha value is -0.260. The minimum atomic E-state index is -0.829. The van der Waals surface area contributed by atoms with Crippen molar-refractivity contribution in [3.63, 3.8) is 0 Å². The van der Waals surface area contributed by atoms with E-state index in [-0.39, 0.29) is 6.10 Å². The fourth-order valence-corrected chi connectivity index (χ4v) is 4.00. The number of carboxylic acids is 1. The smallest absolute Gasteiger partial charge is 0.323 e. The van der Waals surface area contributed by atoms with Crippen molar-refractivity contribution >= 4 is 17.7 Å². The van der Waals surface area contributed by atoms with Crippen LogP contribution in [0.1, 0.15) is 40.5 Å². The summed E-state index contributed by atoms with van der Waals surface area (Å²) >= 11 is 1.86. The molecule has 0 spiro atoms. The van der Waals surface area contributed by atoms with Gasteiger partial charge >= 0.3 is 5.97 Å². The summed E-state index contributed by atoms with van der Waals surface area (Å²) < 4.78 is 5.54. The van der Waals surface area contributed by atoms with Gasteiger partial charge < -0.3 is 15.2 Å². The molecular formula is C13H25NO3S. The molecule has 0 aromatic heterocycles. The largest absolute Gasteiger partial charge is 0.480 e. The van der Waals surface area contributed by atoms with Crippen molar-refractivity contribution in [2.24, 2.45) is 0 Å². The van der Waals surface area contributed by atoms with Crippen LogP contribution in [0.25, 0.3) is 0 Å². The Balaban J connectivity index is 2.50. The van der Waals surface area contributed by atoms with Crippen molar-refractivity contribution in [3.05, 3.63) is 0 Å².